The Hall–Kier alpha value is -2.34. The molecule has 0 radical (unpaired) electrons. The Morgan fingerprint density at radius 2 is 1.96 bits per heavy atom. The zero-order valence-corrected chi connectivity index (χ0v) is 14.0. The molecule has 1 heterocycles. The predicted octanol–water partition coefficient (Wildman–Crippen LogP) is 3.24. The van der Waals surface area contributed by atoms with Gasteiger partial charge in [0.25, 0.3) is 0 Å². The number of hydrogen-bond acceptors (Lipinski definition) is 6. The van der Waals surface area contributed by atoms with Crippen molar-refractivity contribution in [2.24, 2.45) is 0 Å². The molecule has 7 heteroatoms. The van der Waals surface area contributed by atoms with Gasteiger partial charge in [-0.1, -0.05) is 12.1 Å². The molecule has 1 N–H and O–H groups in total. The lowest BCUT2D eigenvalue weighted by Crippen LogP contribution is -2.14. The van der Waals surface area contributed by atoms with Crippen LogP contribution in [0.25, 0.3) is 0 Å². The van der Waals surface area contributed by atoms with E-state index in [0.29, 0.717) is 23.6 Å². The van der Waals surface area contributed by atoms with Crippen LogP contribution in [-0.2, 0) is 11.3 Å². The van der Waals surface area contributed by atoms with Gasteiger partial charge in [-0.3, -0.25) is 0 Å². The van der Waals surface area contributed by atoms with E-state index in [1.807, 2.05) is 24.3 Å². The Bertz CT molecular complexity index is 690. The number of methoxy groups -OCH3 is 1. The molecule has 0 spiro atoms. The van der Waals surface area contributed by atoms with E-state index in [4.69, 9.17) is 21.1 Å². The Morgan fingerprint density at radius 1 is 1.26 bits per heavy atom. The first-order valence-corrected chi connectivity index (χ1v) is 7.51. The molecule has 0 unspecified atom stereocenters. The third-order valence-corrected chi connectivity index (χ3v) is 3.33. The van der Waals surface area contributed by atoms with Gasteiger partial charge in [0.05, 0.1) is 19.4 Å². The summed E-state index contributed by atoms with van der Waals surface area (Å²) in [5, 5.41) is 3.19. The van der Waals surface area contributed by atoms with E-state index in [1.165, 1.54) is 0 Å². The van der Waals surface area contributed by atoms with Crippen molar-refractivity contribution in [2.75, 3.05) is 19.0 Å². The second kappa shape index (κ2) is 7.78. The van der Waals surface area contributed by atoms with E-state index in [2.05, 4.69) is 15.3 Å². The van der Waals surface area contributed by atoms with Crippen LogP contribution in [0, 0.1) is 6.92 Å². The normalized spacial score (nSPS) is 10.3. The van der Waals surface area contributed by atoms with Crippen molar-refractivity contribution in [3.8, 4) is 5.75 Å². The highest BCUT2D eigenvalue weighted by molar-refractivity contribution is 6.28. The number of carbonyl (C=O) groups excluding carboxylic acids is 1. The van der Waals surface area contributed by atoms with Crippen LogP contribution in [-0.4, -0.2) is 29.7 Å². The largest absolute Gasteiger partial charge is 0.497 e. The zero-order chi connectivity index (χ0) is 16.8. The first-order chi connectivity index (χ1) is 11.0. The summed E-state index contributed by atoms with van der Waals surface area (Å²) in [7, 11) is 1.62. The second-order valence-electron chi connectivity index (χ2n) is 4.72. The summed E-state index contributed by atoms with van der Waals surface area (Å²) in [6.45, 7) is 4.19. The molecular formula is C16H18ClN3O3. The molecule has 2 aromatic rings. The molecule has 0 fully saturated rings. The van der Waals surface area contributed by atoms with Crippen LogP contribution in [0.4, 0.5) is 5.82 Å². The minimum atomic E-state index is -0.473. The molecule has 0 atom stereocenters. The standard InChI is InChI=1S/C16H18ClN3O3/c1-4-23-15(21)13-10(2)19-16(17)20-14(13)18-9-11-5-7-12(22-3)8-6-11/h5-8H,4,9H2,1-3H3,(H,18,19,20). The maximum atomic E-state index is 12.1. The summed E-state index contributed by atoms with van der Waals surface area (Å²) in [4.78, 5) is 20.2. The smallest absolute Gasteiger partial charge is 0.343 e. The van der Waals surface area contributed by atoms with Crippen molar-refractivity contribution in [3.63, 3.8) is 0 Å². The van der Waals surface area contributed by atoms with Gasteiger partial charge in [0.2, 0.25) is 5.28 Å². The summed E-state index contributed by atoms with van der Waals surface area (Å²) in [6.07, 6.45) is 0. The van der Waals surface area contributed by atoms with Gasteiger partial charge >= 0.3 is 5.97 Å². The molecule has 122 valence electrons. The number of nitrogens with zero attached hydrogens (tertiary/aromatic N) is 2. The van der Waals surface area contributed by atoms with Gasteiger partial charge in [0.15, 0.2) is 0 Å². The molecule has 0 amide bonds. The molecule has 0 aliphatic rings. The Balaban J connectivity index is 2.22. The molecule has 0 aliphatic carbocycles. The molecule has 6 nitrogen and oxygen atoms in total. The van der Waals surface area contributed by atoms with Crippen LogP contribution in [0.5, 0.6) is 5.75 Å². The van der Waals surface area contributed by atoms with Crippen molar-refractivity contribution in [2.45, 2.75) is 20.4 Å². The number of esters is 1. The van der Waals surface area contributed by atoms with Crippen LogP contribution in [0.1, 0.15) is 28.5 Å². The SMILES string of the molecule is CCOC(=O)c1c(C)nc(Cl)nc1NCc1ccc(OC)cc1. The fourth-order valence-corrected chi connectivity index (χ4v) is 2.25. The van der Waals surface area contributed by atoms with E-state index in [0.717, 1.165) is 11.3 Å². The molecule has 23 heavy (non-hydrogen) atoms. The van der Waals surface area contributed by atoms with Crippen LogP contribution >= 0.6 is 11.6 Å². The third kappa shape index (κ3) is 4.32. The van der Waals surface area contributed by atoms with Crippen LogP contribution < -0.4 is 10.1 Å². The second-order valence-corrected chi connectivity index (χ2v) is 5.06. The number of nitrogens with one attached hydrogen (secondary N) is 1. The van der Waals surface area contributed by atoms with Crippen LogP contribution in [0.15, 0.2) is 24.3 Å². The summed E-state index contributed by atoms with van der Waals surface area (Å²) < 4.78 is 10.2. The number of hydrogen-bond donors (Lipinski definition) is 1. The molecule has 0 bridgehead atoms. The summed E-state index contributed by atoms with van der Waals surface area (Å²) in [5.41, 5.74) is 1.78. The van der Waals surface area contributed by atoms with Gasteiger partial charge in [0.1, 0.15) is 17.1 Å². The van der Waals surface area contributed by atoms with Crippen molar-refractivity contribution in [1.82, 2.24) is 9.97 Å². The molecule has 2 rings (SSSR count). The van der Waals surface area contributed by atoms with Crippen molar-refractivity contribution >= 4 is 23.4 Å². The van der Waals surface area contributed by atoms with Gasteiger partial charge < -0.3 is 14.8 Å². The highest BCUT2D eigenvalue weighted by Crippen LogP contribution is 2.21. The van der Waals surface area contributed by atoms with E-state index >= 15 is 0 Å². The number of anilines is 1. The number of ether oxygens (including phenoxy) is 2. The molecule has 1 aromatic heterocycles. The van der Waals surface area contributed by atoms with E-state index in [1.54, 1.807) is 21.0 Å². The highest BCUT2D eigenvalue weighted by atomic mass is 35.5. The molecule has 1 aromatic carbocycles. The molecule has 0 saturated heterocycles. The lowest BCUT2D eigenvalue weighted by Gasteiger charge is -2.12. The minimum Gasteiger partial charge on any atom is -0.497 e. The monoisotopic (exact) mass is 335 g/mol. The van der Waals surface area contributed by atoms with Gasteiger partial charge in [-0.15, -0.1) is 0 Å². The first kappa shape index (κ1) is 17.0. The Labute approximate surface area is 139 Å². The molecule has 0 aliphatic heterocycles. The first-order valence-electron chi connectivity index (χ1n) is 7.13. The van der Waals surface area contributed by atoms with Crippen molar-refractivity contribution in [1.29, 1.82) is 0 Å². The van der Waals surface area contributed by atoms with E-state index in [9.17, 15) is 4.79 Å². The lowest BCUT2D eigenvalue weighted by molar-refractivity contribution is 0.0525. The quantitative estimate of drug-likeness (QED) is 0.645. The van der Waals surface area contributed by atoms with Crippen LogP contribution in [0.3, 0.4) is 0 Å². The average Bonchev–Trinajstić information content (AvgIpc) is 2.53. The van der Waals surface area contributed by atoms with Gasteiger partial charge in [-0.05, 0) is 43.1 Å². The maximum Gasteiger partial charge on any atom is 0.343 e. The third-order valence-electron chi connectivity index (χ3n) is 3.16. The average molecular weight is 336 g/mol. The van der Waals surface area contributed by atoms with Crippen LogP contribution in [0.2, 0.25) is 5.28 Å². The summed E-state index contributed by atoms with van der Waals surface area (Å²) in [6, 6.07) is 7.57. The Kier molecular flexibility index (Phi) is 5.76. The summed E-state index contributed by atoms with van der Waals surface area (Å²) in [5.74, 6) is 0.664. The van der Waals surface area contributed by atoms with Crippen molar-refractivity contribution < 1.29 is 14.3 Å². The number of benzene rings is 1. The summed E-state index contributed by atoms with van der Waals surface area (Å²) >= 11 is 5.89. The predicted molar refractivity (Wildman–Crippen MR) is 88.1 cm³/mol. The van der Waals surface area contributed by atoms with E-state index in [-0.39, 0.29) is 11.9 Å². The van der Waals surface area contributed by atoms with Gasteiger partial charge in [0, 0.05) is 6.54 Å². The fourth-order valence-electron chi connectivity index (χ4n) is 2.04. The molecular weight excluding hydrogens is 318 g/mol. The highest BCUT2D eigenvalue weighted by Gasteiger charge is 2.19. The van der Waals surface area contributed by atoms with Gasteiger partial charge in [-0.25, -0.2) is 9.78 Å². The van der Waals surface area contributed by atoms with Crippen molar-refractivity contribution in [3.05, 3.63) is 46.4 Å². The zero-order valence-electron chi connectivity index (χ0n) is 13.2. The molecule has 0 saturated carbocycles. The Morgan fingerprint density at radius 3 is 2.57 bits per heavy atom. The maximum absolute atomic E-state index is 12.1. The van der Waals surface area contributed by atoms with E-state index < -0.39 is 5.97 Å². The minimum absolute atomic E-state index is 0.0766. The number of rotatable bonds is 6. The number of halogens is 1. The lowest BCUT2D eigenvalue weighted by atomic mass is 10.2. The number of aryl methyl sites for hydroxylation is 1. The van der Waals surface area contributed by atoms with Gasteiger partial charge in [-0.2, -0.15) is 4.98 Å². The number of carbonyl (C=O) groups is 1. The number of aromatic nitrogens is 2. The topological polar surface area (TPSA) is 73.3 Å². The fraction of sp³-hybridized carbons (Fsp3) is 0.312.